The first kappa shape index (κ1) is 16.7. The van der Waals surface area contributed by atoms with Crippen molar-refractivity contribution in [3.63, 3.8) is 0 Å². The van der Waals surface area contributed by atoms with Gasteiger partial charge >= 0.3 is 0 Å². The quantitative estimate of drug-likeness (QED) is 0.662. The lowest BCUT2D eigenvalue weighted by atomic mass is 10.0. The van der Waals surface area contributed by atoms with E-state index in [2.05, 4.69) is 46.8 Å². The molecule has 0 fully saturated rings. The van der Waals surface area contributed by atoms with Crippen LogP contribution in [0.25, 0.3) is 0 Å². The van der Waals surface area contributed by atoms with E-state index in [4.69, 9.17) is 0 Å². The Balaban J connectivity index is 2.74. The summed E-state index contributed by atoms with van der Waals surface area (Å²) in [5, 5.41) is 0. The van der Waals surface area contributed by atoms with E-state index in [-0.39, 0.29) is 18.0 Å². The van der Waals surface area contributed by atoms with Crippen LogP contribution in [0.15, 0.2) is 24.3 Å². The summed E-state index contributed by atoms with van der Waals surface area (Å²) >= 11 is 0. The van der Waals surface area contributed by atoms with Crippen LogP contribution in [0.4, 0.5) is 0 Å². The second-order valence-electron chi connectivity index (χ2n) is 6.05. The minimum absolute atomic E-state index is 0.134. The van der Waals surface area contributed by atoms with Crippen LogP contribution in [0.2, 0.25) is 0 Å². The molecule has 2 nitrogen and oxygen atoms in total. The maximum Gasteiger partial charge on any atom is 0.254 e. The Hall–Kier alpha value is -1.31. The van der Waals surface area contributed by atoms with Crippen molar-refractivity contribution in [3.8, 4) is 0 Å². The molecule has 0 N–H and O–H groups in total. The van der Waals surface area contributed by atoms with Gasteiger partial charge in [-0.15, -0.1) is 0 Å². The van der Waals surface area contributed by atoms with Crippen LogP contribution in [-0.2, 0) is 6.42 Å². The summed E-state index contributed by atoms with van der Waals surface area (Å²) in [6, 6.07) is 8.60. The van der Waals surface area contributed by atoms with Crippen molar-refractivity contribution < 1.29 is 4.79 Å². The maximum atomic E-state index is 12.5. The molecule has 1 aromatic carbocycles. The molecule has 0 bridgehead atoms. The first-order chi connectivity index (χ1) is 9.47. The van der Waals surface area contributed by atoms with E-state index in [1.54, 1.807) is 0 Å². The number of carbonyl (C=O) groups excluding carboxylic acids is 1. The number of benzene rings is 1. The summed E-state index contributed by atoms with van der Waals surface area (Å²) < 4.78 is 0. The second-order valence-corrected chi connectivity index (χ2v) is 6.05. The van der Waals surface area contributed by atoms with Crippen molar-refractivity contribution in [3.05, 3.63) is 35.4 Å². The first-order valence-electron chi connectivity index (χ1n) is 7.89. The SMILES string of the molecule is CCCCCc1ccc(C(=O)N(C(C)C)C(C)C)cc1. The van der Waals surface area contributed by atoms with Crippen LogP contribution in [-0.4, -0.2) is 22.9 Å². The van der Waals surface area contributed by atoms with Crippen LogP contribution in [0.3, 0.4) is 0 Å². The fourth-order valence-corrected chi connectivity index (χ4v) is 2.61. The van der Waals surface area contributed by atoms with Crippen LogP contribution < -0.4 is 0 Å². The molecule has 0 saturated heterocycles. The highest BCUT2D eigenvalue weighted by molar-refractivity contribution is 5.94. The van der Waals surface area contributed by atoms with Gasteiger partial charge in [0.25, 0.3) is 5.91 Å². The van der Waals surface area contributed by atoms with E-state index < -0.39 is 0 Å². The highest BCUT2D eigenvalue weighted by Gasteiger charge is 2.21. The third-order valence-electron chi connectivity index (χ3n) is 3.62. The zero-order chi connectivity index (χ0) is 15.1. The number of nitrogens with zero attached hydrogens (tertiary/aromatic N) is 1. The van der Waals surface area contributed by atoms with Crippen molar-refractivity contribution in [2.24, 2.45) is 0 Å². The molecule has 1 rings (SSSR count). The molecule has 0 heterocycles. The van der Waals surface area contributed by atoms with E-state index in [1.165, 1.54) is 24.8 Å². The number of rotatable bonds is 7. The maximum absolute atomic E-state index is 12.5. The molecule has 2 heteroatoms. The number of unbranched alkanes of at least 4 members (excludes halogenated alkanes) is 2. The number of aryl methyl sites for hydroxylation is 1. The van der Waals surface area contributed by atoms with Crippen LogP contribution >= 0.6 is 0 Å². The van der Waals surface area contributed by atoms with Gasteiger partial charge in [-0.3, -0.25) is 4.79 Å². The molecular weight excluding hydrogens is 246 g/mol. The summed E-state index contributed by atoms with van der Waals surface area (Å²) in [6.07, 6.45) is 4.86. The zero-order valence-corrected chi connectivity index (χ0v) is 13.6. The molecule has 20 heavy (non-hydrogen) atoms. The Kier molecular flexibility index (Phi) is 6.77. The van der Waals surface area contributed by atoms with Gasteiger partial charge in [0.2, 0.25) is 0 Å². The molecule has 0 saturated carbocycles. The topological polar surface area (TPSA) is 20.3 Å². The monoisotopic (exact) mass is 275 g/mol. The average Bonchev–Trinajstić information content (AvgIpc) is 2.39. The summed E-state index contributed by atoms with van der Waals surface area (Å²) in [5.74, 6) is 0.134. The van der Waals surface area contributed by atoms with Gasteiger partial charge in [-0.25, -0.2) is 0 Å². The molecule has 0 radical (unpaired) electrons. The molecule has 1 amide bonds. The Bertz CT molecular complexity index is 398. The van der Waals surface area contributed by atoms with Gasteiger partial charge in [0.05, 0.1) is 0 Å². The van der Waals surface area contributed by atoms with Gasteiger partial charge in [-0.1, -0.05) is 31.9 Å². The van der Waals surface area contributed by atoms with Gasteiger partial charge in [0.1, 0.15) is 0 Å². The standard InChI is InChI=1S/C18H29NO/c1-6-7-8-9-16-10-12-17(13-11-16)18(20)19(14(2)3)15(4)5/h10-15H,6-9H2,1-5H3. The smallest absolute Gasteiger partial charge is 0.254 e. The number of carbonyl (C=O) groups is 1. The van der Waals surface area contributed by atoms with Crippen LogP contribution in [0.5, 0.6) is 0 Å². The summed E-state index contributed by atoms with van der Waals surface area (Å²) in [7, 11) is 0. The predicted molar refractivity (Wildman–Crippen MR) is 86.1 cm³/mol. The summed E-state index contributed by atoms with van der Waals surface area (Å²) in [5.41, 5.74) is 2.13. The van der Waals surface area contributed by atoms with Crippen LogP contribution in [0.1, 0.15) is 69.8 Å². The average molecular weight is 275 g/mol. The number of hydrogen-bond acceptors (Lipinski definition) is 1. The molecule has 0 aromatic heterocycles. The Morgan fingerprint density at radius 3 is 2.00 bits per heavy atom. The molecule has 112 valence electrons. The fourth-order valence-electron chi connectivity index (χ4n) is 2.61. The van der Waals surface area contributed by atoms with E-state index in [9.17, 15) is 4.79 Å². The fraction of sp³-hybridized carbons (Fsp3) is 0.611. The summed E-state index contributed by atoms with van der Waals surface area (Å²) in [6.45, 7) is 10.5. The van der Waals surface area contributed by atoms with Crippen molar-refractivity contribution in [2.45, 2.75) is 72.4 Å². The Morgan fingerprint density at radius 2 is 1.55 bits per heavy atom. The molecule has 0 aliphatic heterocycles. The van der Waals surface area contributed by atoms with E-state index in [0.29, 0.717) is 0 Å². The lowest BCUT2D eigenvalue weighted by molar-refractivity contribution is 0.0643. The molecule has 1 aromatic rings. The van der Waals surface area contributed by atoms with Crippen LogP contribution in [0, 0.1) is 0 Å². The minimum Gasteiger partial charge on any atom is -0.334 e. The molecular formula is C18H29NO. The zero-order valence-electron chi connectivity index (χ0n) is 13.6. The predicted octanol–water partition coefficient (Wildman–Crippen LogP) is 4.68. The molecule has 0 aliphatic carbocycles. The lowest BCUT2D eigenvalue weighted by Crippen LogP contribution is -2.42. The van der Waals surface area contributed by atoms with Gasteiger partial charge in [0, 0.05) is 17.6 Å². The van der Waals surface area contributed by atoms with E-state index >= 15 is 0 Å². The largest absolute Gasteiger partial charge is 0.334 e. The van der Waals surface area contributed by atoms with Gasteiger partial charge < -0.3 is 4.90 Å². The summed E-state index contributed by atoms with van der Waals surface area (Å²) in [4.78, 5) is 14.5. The lowest BCUT2D eigenvalue weighted by Gasteiger charge is -2.30. The van der Waals surface area contributed by atoms with Gasteiger partial charge in [-0.05, 0) is 58.2 Å². The van der Waals surface area contributed by atoms with E-state index in [1.807, 2.05) is 17.0 Å². The third kappa shape index (κ3) is 4.66. The normalized spacial score (nSPS) is 11.2. The van der Waals surface area contributed by atoms with Gasteiger partial charge in [0.15, 0.2) is 0 Å². The van der Waals surface area contributed by atoms with Gasteiger partial charge in [-0.2, -0.15) is 0 Å². The Morgan fingerprint density at radius 1 is 1.00 bits per heavy atom. The molecule has 0 atom stereocenters. The molecule has 0 unspecified atom stereocenters. The molecule has 0 aliphatic rings. The number of hydrogen-bond donors (Lipinski definition) is 0. The highest BCUT2D eigenvalue weighted by Crippen LogP contribution is 2.14. The first-order valence-corrected chi connectivity index (χ1v) is 7.89. The second kappa shape index (κ2) is 8.08. The third-order valence-corrected chi connectivity index (χ3v) is 3.62. The highest BCUT2D eigenvalue weighted by atomic mass is 16.2. The van der Waals surface area contributed by atoms with Crippen molar-refractivity contribution in [2.75, 3.05) is 0 Å². The Labute approximate surface area is 124 Å². The minimum atomic E-state index is 0.134. The van der Waals surface area contributed by atoms with E-state index in [0.717, 1.165) is 12.0 Å². The van der Waals surface area contributed by atoms with Crippen molar-refractivity contribution >= 4 is 5.91 Å². The number of amides is 1. The van der Waals surface area contributed by atoms with Crippen molar-refractivity contribution in [1.29, 1.82) is 0 Å². The molecule has 0 spiro atoms. The van der Waals surface area contributed by atoms with Crippen molar-refractivity contribution in [1.82, 2.24) is 4.90 Å².